The monoisotopic (exact) mass is 361 g/mol. The van der Waals surface area contributed by atoms with Crippen molar-refractivity contribution in [3.63, 3.8) is 0 Å². The van der Waals surface area contributed by atoms with Crippen LogP contribution in [-0.2, 0) is 0 Å². The molecule has 25 heavy (non-hydrogen) atoms. The van der Waals surface area contributed by atoms with E-state index in [0.717, 1.165) is 5.69 Å². The Balaban J connectivity index is 1.90. The van der Waals surface area contributed by atoms with E-state index in [1.165, 1.54) is 21.1 Å². The average Bonchev–Trinajstić information content (AvgIpc) is 2.86. The molecule has 4 rings (SSSR count). The van der Waals surface area contributed by atoms with Crippen LogP contribution in [-0.4, -0.2) is 11.3 Å². The Labute approximate surface area is 157 Å². The highest BCUT2D eigenvalue weighted by Crippen LogP contribution is 2.52. The van der Waals surface area contributed by atoms with Crippen LogP contribution in [0.1, 0.15) is 22.3 Å². The molecule has 0 aromatic heterocycles. The van der Waals surface area contributed by atoms with Gasteiger partial charge in [-0.25, -0.2) is 4.99 Å². The van der Waals surface area contributed by atoms with Gasteiger partial charge in [0.05, 0.1) is 10.7 Å². The van der Waals surface area contributed by atoms with E-state index in [1.807, 2.05) is 11.8 Å². The molecule has 0 saturated heterocycles. The van der Waals surface area contributed by atoms with E-state index in [1.54, 1.807) is 11.8 Å². The Morgan fingerprint density at radius 3 is 2.04 bits per heavy atom. The number of nitrogens with zero attached hydrogens (tertiary/aromatic N) is 1. The Bertz CT molecular complexity index is 875. The molecule has 0 N–H and O–H groups in total. The first-order chi connectivity index (χ1) is 12.4. The number of aliphatic imine (C=N–C) groups is 1. The largest absolute Gasteiger partial charge is 0.245 e. The summed E-state index contributed by atoms with van der Waals surface area (Å²) in [7, 11) is 0. The lowest BCUT2D eigenvalue weighted by atomic mass is 9.92. The summed E-state index contributed by atoms with van der Waals surface area (Å²) in [5.74, 6) is 0.246. The first-order valence-corrected chi connectivity index (χ1v) is 10.5. The molecule has 0 aliphatic carbocycles. The van der Waals surface area contributed by atoms with E-state index in [0.29, 0.717) is 5.25 Å². The quantitative estimate of drug-likeness (QED) is 0.503. The Morgan fingerprint density at radius 2 is 1.36 bits per heavy atom. The average molecular weight is 362 g/mol. The summed E-state index contributed by atoms with van der Waals surface area (Å²) in [6, 6.07) is 30.1. The molecule has 1 heterocycles. The Morgan fingerprint density at radius 1 is 0.760 bits per heavy atom. The minimum atomic E-state index is 0.246. The normalized spacial score (nSPS) is 19.6. The van der Waals surface area contributed by atoms with Crippen molar-refractivity contribution in [1.29, 1.82) is 0 Å². The van der Waals surface area contributed by atoms with E-state index in [2.05, 4.69) is 91.2 Å². The molecule has 3 aromatic carbocycles. The zero-order chi connectivity index (χ0) is 17.1. The van der Waals surface area contributed by atoms with Gasteiger partial charge in [0, 0.05) is 16.1 Å². The maximum Gasteiger partial charge on any atom is 0.0826 e. The van der Waals surface area contributed by atoms with Crippen molar-refractivity contribution in [3.05, 3.63) is 96.1 Å². The van der Waals surface area contributed by atoms with Crippen molar-refractivity contribution in [2.75, 3.05) is 6.26 Å². The van der Waals surface area contributed by atoms with Crippen molar-refractivity contribution < 1.29 is 0 Å². The van der Waals surface area contributed by atoms with Gasteiger partial charge in [0.2, 0.25) is 0 Å². The molecule has 3 aromatic rings. The predicted octanol–water partition coefficient (Wildman–Crippen LogP) is 6.71. The number of rotatable bonds is 2. The van der Waals surface area contributed by atoms with Gasteiger partial charge in [-0.3, -0.25) is 0 Å². The van der Waals surface area contributed by atoms with Crippen LogP contribution in [0.4, 0.5) is 5.69 Å². The minimum Gasteiger partial charge on any atom is -0.245 e. The molecular formula is C22H19NS2. The zero-order valence-electron chi connectivity index (χ0n) is 14.0. The second-order valence-corrected chi connectivity index (χ2v) is 7.97. The van der Waals surface area contributed by atoms with Crippen LogP contribution in [0.15, 0.2) is 94.8 Å². The van der Waals surface area contributed by atoms with Crippen LogP contribution in [0, 0.1) is 0 Å². The second kappa shape index (κ2) is 7.51. The molecule has 0 spiro atoms. The third-order valence-corrected chi connectivity index (χ3v) is 6.58. The van der Waals surface area contributed by atoms with Crippen molar-refractivity contribution in [2.24, 2.45) is 4.99 Å². The Hall–Kier alpha value is -1.97. The number of benzene rings is 3. The fraction of sp³-hybridized carbons (Fsp3) is 0.136. The Kier molecular flexibility index (Phi) is 4.95. The summed E-state index contributed by atoms with van der Waals surface area (Å²) in [5, 5.41) is 1.48. The van der Waals surface area contributed by atoms with Crippen LogP contribution in [0.5, 0.6) is 0 Å². The molecule has 0 saturated carbocycles. The van der Waals surface area contributed by atoms with Crippen LogP contribution < -0.4 is 0 Å². The van der Waals surface area contributed by atoms with E-state index in [-0.39, 0.29) is 5.92 Å². The lowest BCUT2D eigenvalue weighted by Crippen LogP contribution is -2.15. The summed E-state index contributed by atoms with van der Waals surface area (Å²) in [6.45, 7) is 0. The first kappa shape index (κ1) is 16.5. The molecule has 124 valence electrons. The third kappa shape index (κ3) is 3.39. The van der Waals surface area contributed by atoms with Gasteiger partial charge in [0.25, 0.3) is 0 Å². The van der Waals surface area contributed by atoms with Crippen LogP contribution >= 0.6 is 23.5 Å². The van der Waals surface area contributed by atoms with Crippen molar-refractivity contribution >= 4 is 34.3 Å². The van der Waals surface area contributed by atoms with Crippen molar-refractivity contribution in [3.8, 4) is 0 Å². The first-order valence-electron chi connectivity index (χ1n) is 8.35. The number of fused-ring (bicyclic) bond motifs is 1. The van der Waals surface area contributed by atoms with E-state index in [9.17, 15) is 0 Å². The van der Waals surface area contributed by atoms with E-state index >= 15 is 0 Å². The molecule has 0 bridgehead atoms. The number of para-hydroxylation sites is 1. The molecule has 1 aliphatic heterocycles. The SMILES string of the molecule is CSC1=Nc2ccccc2S[C@H](c2ccccc2)[C@@H]1c1ccccc1. The minimum absolute atomic E-state index is 0.246. The van der Waals surface area contributed by atoms with Crippen LogP contribution in [0.2, 0.25) is 0 Å². The smallest absolute Gasteiger partial charge is 0.0826 e. The molecule has 0 radical (unpaired) electrons. The lowest BCUT2D eigenvalue weighted by Gasteiger charge is -2.26. The van der Waals surface area contributed by atoms with Crippen LogP contribution in [0.3, 0.4) is 0 Å². The number of thioether (sulfide) groups is 2. The fourth-order valence-electron chi connectivity index (χ4n) is 3.23. The standard InChI is InChI=1S/C22H19NS2/c1-24-22-20(16-10-4-2-5-11-16)21(17-12-6-3-7-13-17)25-19-15-9-8-14-18(19)23-22/h2-15,20-21H,1H3/t20-,21+/m0/s1. The summed E-state index contributed by atoms with van der Waals surface area (Å²) in [5.41, 5.74) is 3.75. The molecule has 3 heteroatoms. The maximum atomic E-state index is 5.05. The maximum absolute atomic E-state index is 5.05. The topological polar surface area (TPSA) is 12.4 Å². The van der Waals surface area contributed by atoms with Gasteiger partial charge in [-0.2, -0.15) is 0 Å². The van der Waals surface area contributed by atoms with Crippen molar-refractivity contribution in [2.45, 2.75) is 16.1 Å². The molecular weight excluding hydrogens is 342 g/mol. The highest BCUT2D eigenvalue weighted by Gasteiger charge is 2.32. The highest BCUT2D eigenvalue weighted by molar-refractivity contribution is 8.13. The van der Waals surface area contributed by atoms with Gasteiger partial charge >= 0.3 is 0 Å². The van der Waals surface area contributed by atoms with E-state index < -0.39 is 0 Å². The summed E-state index contributed by atoms with van der Waals surface area (Å²) < 4.78 is 0. The van der Waals surface area contributed by atoms with Gasteiger partial charge in [-0.15, -0.1) is 23.5 Å². The van der Waals surface area contributed by atoms with Crippen LogP contribution in [0.25, 0.3) is 0 Å². The predicted molar refractivity (Wildman–Crippen MR) is 111 cm³/mol. The summed E-state index contributed by atoms with van der Waals surface area (Å²) >= 11 is 3.69. The van der Waals surface area contributed by atoms with Gasteiger partial charge < -0.3 is 0 Å². The molecule has 2 atom stereocenters. The fourth-order valence-corrected chi connectivity index (χ4v) is 5.41. The van der Waals surface area contributed by atoms with Gasteiger partial charge in [-0.1, -0.05) is 72.8 Å². The molecule has 0 amide bonds. The third-order valence-electron chi connectivity index (χ3n) is 4.41. The lowest BCUT2D eigenvalue weighted by molar-refractivity contribution is 0.867. The molecule has 0 fully saturated rings. The zero-order valence-corrected chi connectivity index (χ0v) is 15.6. The highest BCUT2D eigenvalue weighted by atomic mass is 32.2. The molecule has 1 nitrogen and oxygen atoms in total. The molecule has 0 unspecified atom stereocenters. The number of hydrogen-bond donors (Lipinski definition) is 0. The van der Waals surface area contributed by atoms with Gasteiger partial charge in [0.15, 0.2) is 0 Å². The summed E-state index contributed by atoms with van der Waals surface area (Å²) in [6.07, 6.45) is 2.13. The van der Waals surface area contributed by atoms with E-state index in [4.69, 9.17) is 4.99 Å². The molecule has 1 aliphatic rings. The summed E-state index contributed by atoms with van der Waals surface area (Å²) in [4.78, 5) is 6.30. The second-order valence-electron chi connectivity index (χ2n) is 5.96. The number of hydrogen-bond acceptors (Lipinski definition) is 3. The van der Waals surface area contributed by atoms with Crippen molar-refractivity contribution in [1.82, 2.24) is 0 Å². The van der Waals surface area contributed by atoms with Gasteiger partial charge in [-0.05, 0) is 29.5 Å². The van der Waals surface area contributed by atoms with Gasteiger partial charge in [0.1, 0.15) is 0 Å².